The zero-order valence-corrected chi connectivity index (χ0v) is 17.0. The molecular weight excluding hydrogens is 368 g/mol. The van der Waals surface area contributed by atoms with Crippen LogP contribution in [0.25, 0.3) is 0 Å². The first-order valence-electron chi connectivity index (χ1n) is 9.56. The highest BCUT2D eigenvalue weighted by Crippen LogP contribution is 2.37. The van der Waals surface area contributed by atoms with E-state index in [0.29, 0.717) is 6.42 Å². The second-order valence-electron chi connectivity index (χ2n) is 7.19. The lowest BCUT2D eigenvalue weighted by Crippen LogP contribution is -2.24. The number of nitrogens with one attached hydrogen (secondary N) is 1. The molecule has 1 heterocycles. The van der Waals surface area contributed by atoms with E-state index in [1.54, 1.807) is 48.5 Å². The maximum absolute atomic E-state index is 10.9. The number of H-pyrrole nitrogens is 1. The summed E-state index contributed by atoms with van der Waals surface area (Å²) in [5.41, 5.74) is 2.49. The number of aliphatic carboxylic acids is 1. The Balaban J connectivity index is 0.000000313. The van der Waals surface area contributed by atoms with E-state index in [2.05, 4.69) is 16.9 Å². The van der Waals surface area contributed by atoms with Crippen molar-refractivity contribution in [3.8, 4) is 11.5 Å². The van der Waals surface area contributed by atoms with Crippen molar-refractivity contribution >= 4 is 5.97 Å². The molecule has 3 rings (SSSR count). The van der Waals surface area contributed by atoms with E-state index in [4.69, 9.17) is 5.11 Å². The molecule has 2 aromatic carbocycles. The van der Waals surface area contributed by atoms with E-state index < -0.39 is 11.4 Å². The number of carboxylic acid groups (broad SMARTS) is 1. The van der Waals surface area contributed by atoms with Crippen LogP contribution in [-0.4, -0.2) is 31.3 Å². The highest BCUT2D eigenvalue weighted by Gasteiger charge is 2.29. The molecule has 0 aliphatic rings. The molecule has 1 aromatic heterocycles. The lowest BCUT2D eigenvalue weighted by Gasteiger charge is -2.30. The van der Waals surface area contributed by atoms with Crippen LogP contribution in [0.2, 0.25) is 0 Å². The van der Waals surface area contributed by atoms with E-state index in [9.17, 15) is 15.0 Å². The van der Waals surface area contributed by atoms with Gasteiger partial charge < -0.3 is 20.3 Å². The molecule has 0 unspecified atom stereocenters. The van der Waals surface area contributed by atoms with Crippen LogP contribution in [0.15, 0.2) is 54.7 Å². The maximum Gasteiger partial charge on any atom is 0.303 e. The average molecular weight is 396 g/mol. The molecule has 0 saturated carbocycles. The number of aromatic nitrogens is 2. The number of rotatable bonds is 6. The highest BCUT2D eigenvalue weighted by molar-refractivity contribution is 5.67. The molecular formula is C23H28N2O4. The zero-order chi connectivity index (χ0) is 21.4. The number of aromatic amines is 1. The number of hydrogen-bond acceptors (Lipinski definition) is 4. The van der Waals surface area contributed by atoms with Crippen LogP contribution in [0, 0.1) is 6.92 Å². The Morgan fingerprint density at radius 3 is 1.79 bits per heavy atom. The molecule has 0 fully saturated rings. The highest BCUT2D eigenvalue weighted by atomic mass is 16.4. The standard InChI is InChI=1S/C17H18O4.C6H10N2/c1-17(11-10-16(20)21,12-2-6-14(18)7-3-12)13-4-8-15(19)9-5-13;1-3-6-7-4-5(2)8-6/h2-9,18-19H,10-11H2,1H3,(H,20,21);4H,3H2,1-2H3,(H,7,8). The summed E-state index contributed by atoms with van der Waals surface area (Å²) >= 11 is 0. The fraction of sp³-hybridized carbons (Fsp3) is 0.304. The van der Waals surface area contributed by atoms with E-state index in [1.807, 2.05) is 20.0 Å². The smallest absolute Gasteiger partial charge is 0.303 e. The van der Waals surface area contributed by atoms with Gasteiger partial charge >= 0.3 is 5.97 Å². The number of benzene rings is 2. The maximum atomic E-state index is 10.9. The van der Waals surface area contributed by atoms with Crippen LogP contribution in [-0.2, 0) is 16.6 Å². The van der Waals surface area contributed by atoms with E-state index in [1.165, 1.54) is 0 Å². The summed E-state index contributed by atoms with van der Waals surface area (Å²) in [6, 6.07) is 13.6. The Labute approximate surface area is 170 Å². The van der Waals surface area contributed by atoms with Gasteiger partial charge in [0.25, 0.3) is 0 Å². The van der Waals surface area contributed by atoms with Gasteiger partial charge in [-0.25, -0.2) is 4.98 Å². The minimum Gasteiger partial charge on any atom is -0.508 e. The molecule has 0 bridgehead atoms. The summed E-state index contributed by atoms with van der Waals surface area (Å²) in [7, 11) is 0. The molecule has 0 saturated heterocycles. The van der Waals surface area contributed by atoms with Gasteiger partial charge in [0.1, 0.15) is 17.3 Å². The van der Waals surface area contributed by atoms with Crippen LogP contribution >= 0.6 is 0 Å². The number of phenols is 2. The number of carboxylic acids is 1. The summed E-state index contributed by atoms with van der Waals surface area (Å²) in [5, 5.41) is 27.8. The largest absolute Gasteiger partial charge is 0.508 e. The van der Waals surface area contributed by atoms with Gasteiger partial charge in [0.2, 0.25) is 0 Å². The van der Waals surface area contributed by atoms with Gasteiger partial charge in [-0.05, 0) is 48.7 Å². The number of phenolic OH excluding ortho intramolecular Hbond substituents is 2. The molecule has 0 aliphatic heterocycles. The van der Waals surface area contributed by atoms with Crippen molar-refractivity contribution in [1.29, 1.82) is 0 Å². The molecule has 0 spiro atoms. The van der Waals surface area contributed by atoms with Gasteiger partial charge in [0.15, 0.2) is 0 Å². The third-order valence-corrected chi connectivity index (χ3v) is 4.94. The topological polar surface area (TPSA) is 106 Å². The van der Waals surface area contributed by atoms with Crippen LogP contribution in [0.4, 0.5) is 0 Å². The minimum atomic E-state index is -0.848. The molecule has 0 radical (unpaired) electrons. The van der Waals surface area contributed by atoms with Crippen molar-refractivity contribution in [1.82, 2.24) is 9.97 Å². The Hall–Kier alpha value is -3.28. The first kappa shape index (κ1) is 22.0. The number of carbonyl (C=O) groups is 1. The number of aryl methyl sites for hydroxylation is 2. The first-order chi connectivity index (χ1) is 13.7. The van der Waals surface area contributed by atoms with Crippen LogP contribution in [0.3, 0.4) is 0 Å². The Bertz CT molecular complexity index is 869. The Morgan fingerprint density at radius 1 is 1.00 bits per heavy atom. The van der Waals surface area contributed by atoms with Gasteiger partial charge in [-0.2, -0.15) is 0 Å². The SMILES string of the molecule is CC(CCC(=O)O)(c1ccc(O)cc1)c1ccc(O)cc1.CCc1ncc(C)[nH]1. The van der Waals surface area contributed by atoms with Crippen molar-refractivity contribution < 1.29 is 20.1 Å². The molecule has 4 N–H and O–H groups in total. The lowest BCUT2D eigenvalue weighted by atomic mass is 9.73. The summed E-state index contributed by atoms with van der Waals surface area (Å²) < 4.78 is 0. The molecule has 0 aliphatic carbocycles. The van der Waals surface area contributed by atoms with Crippen molar-refractivity contribution in [3.63, 3.8) is 0 Å². The van der Waals surface area contributed by atoms with Crippen LogP contribution < -0.4 is 0 Å². The normalized spacial score (nSPS) is 10.9. The molecule has 3 aromatic rings. The molecule has 154 valence electrons. The van der Waals surface area contributed by atoms with E-state index >= 15 is 0 Å². The van der Waals surface area contributed by atoms with Gasteiger partial charge in [-0.3, -0.25) is 4.79 Å². The summed E-state index contributed by atoms with van der Waals surface area (Å²) in [4.78, 5) is 18.1. The van der Waals surface area contributed by atoms with Crippen LogP contribution in [0.5, 0.6) is 11.5 Å². The molecule has 0 atom stereocenters. The van der Waals surface area contributed by atoms with Gasteiger partial charge in [0, 0.05) is 30.1 Å². The zero-order valence-electron chi connectivity index (χ0n) is 17.0. The molecule has 29 heavy (non-hydrogen) atoms. The summed E-state index contributed by atoms with van der Waals surface area (Å²) in [6.07, 6.45) is 3.31. The minimum absolute atomic E-state index is 0.0399. The van der Waals surface area contributed by atoms with Crippen LogP contribution in [0.1, 0.15) is 49.3 Å². The second-order valence-corrected chi connectivity index (χ2v) is 7.19. The number of imidazole rings is 1. The molecule has 6 nitrogen and oxygen atoms in total. The van der Waals surface area contributed by atoms with Crippen molar-refractivity contribution in [2.24, 2.45) is 0 Å². The van der Waals surface area contributed by atoms with Crippen molar-refractivity contribution in [2.75, 3.05) is 0 Å². The first-order valence-corrected chi connectivity index (χ1v) is 9.56. The van der Waals surface area contributed by atoms with Gasteiger partial charge in [-0.1, -0.05) is 38.1 Å². The van der Waals surface area contributed by atoms with Gasteiger partial charge in [-0.15, -0.1) is 0 Å². The Kier molecular flexibility index (Phi) is 7.42. The number of nitrogens with zero attached hydrogens (tertiary/aromatic N) is 1. The summed E-state index contributed by atoms with van der Waals surface area (Å²) in [5.74, 6) is 0.566. The summed E-state index contributed by atoms with van der Waals surface area (Å²) in [6.45, 7) is 6.05. The molecule has 6 heteroatoms. The van der Waals surface area contributed by atoms with Gasteiger partial charge in [0.05, 0.1) is 0 Å². The Morgan fingerprint density at radius 2 is 1.48 bits per heavy atom. The third-order valence-electron chi connectivity index (χ3n) is 4.94. The fourth-order valence-corrected chi connectivity index (χ4v) is 3.12. The molecule has 0 amide bonds. The monoisotopic (exact) mass is 396 g/mol. The number of hydrogen-bond donors (Lipinski definition) is 4. The van der Waals surface area contributed by atoms with Crippen molar-refractivity contribution in [2.45, 2.75) is 45.4 Å². The number of aromatic hydroxyl groups is 2. The lowest BCUT2D eigenvalue weighted by molar-refractivity contribution is -0.137. The van der Waals surface area contributed by atoms with Crippen molar-refractivity contribution in [3.05, 3.63) is 77.4 Å². The average Bonchev–Trinajstić information content (AvgIpc) is 3.13. The quantitative estimate of drug-likeness (QED) is 0.489. The predicted octanol–water partition coefficient (Wildman–Crippen LogP) is 4.55. The third kappa shape index (κ3) is 6.10. The van der Waals surface area contributed by atoms with E-state index in [-0.39, 0.29) is 17.9 Å². The van der Waals surface area contributed by atoms with E-state index in [0.717, 1.165) is 29.1 Å². The fourth-order valence-electron chi connectivity index (χ4n) is 3.12. The predicted molar refractivity (Wildman–Crippen MR) is 112 cm³/mol. The second kappa shape index (κ2) is 9.78.